The third kappa shape index (κ3) is 5.24. The Morgan fingerprint density at radius 2 is 2.38 bits per heavy atom. The maximum atomic E-state index is 8.49. The quantitative estimate of drug-likeness (QED) is 0.321. The summed E-state index contributed by atoms with van der Waals surface area (Å²) < 4.78 is 0. The minimum Gasteiger partial charge on any atom is -0.512 e. The summed E-state index contributed by atoms with van der Waals surface area (Å²) in [5.74, 6) is 0.159. The Balaban J connectivity index is 2.93. The molecule has 0 spiro atoms. The summed E-state index contributed by atoms with van der Waals surface area (Å²) in [6, 6.07) is 0. The van der Waals surface area contributed by atoms with Crippen LogP contribution in [0.2, 0.25) is 0 Å². The second-order valence-corrected chi connectivity index (χ2v) is 1.49. The molecule has 0 aliphatic carbocycles. The molecule has 0 aliphatic heterocycles. The number of hydrogen-bond donors (Lipinski definition) is 2. The number of nitrogens with one attached hydrogen (secondary N) is 1. The summed E-state index contributed by atoms with van der Waals surface area (Å²) in [6.45, 7) is 7.93. The number of hydrogen-bond acceptors (Lipinski definition) is 2. The summed E-state index contributed by atoms with van der Waals surface area (Å²) in [5, 5.41) is 11.4. The van der Waals surface area contributed by atoms with E-state index in [1.54, 1.807) is 6.08 Å². The van der Waals surface area contributed by atoms with Crippen LogP contribution in [0.5, 0.6) is 0 Å². The van der Waals surface area contributed by atoms with Gasteiger partial charge < -0.3 is 10.4 Å². The molecule has 0 bridgehead atoms. The molecule has 0 fully saturated rings. The fraction of sp³-hybridized carbons (Fsp3) is 0.333. The second-order valence-electron chi connectivity index (χ2n) is 1.49. The Morgan fingerprint density at radius 1 is 1.75 bits per heavy atom. The normalized spacial score (nSPS) is 8.50. The van der Waals surface area contributed by atoms with Gasteiger partial charge in [-0.15, -0.1) is 6.58 Å². The van der Waals surface area contributed by atoms with Crippen LogP contribution >= 0.6 is 0 Å². The molecule has 0 heterocycles. The van der Waals surface area contributed by atoms with Gasteiger partial charge in [0.05, 0.1) is 12.3 Å². The van der Waals surface area contributed by atoms with Gasteiger partial charge in [-0.3, -0.25) is 0 Å². The molecule has 0 atom stereocenters. The van der Waals surface area contributed by atoms with Gasteiger partial charge in [0.2, 0.25) is 0 Å². The van der Waals surface area contributed by atoms with E-state index in [4.69, 9.17) is 5.11 Å². The van der Waals surface area contributed by atoms with Crippen molar-refractivity contribution in [1.82, 2.24) is 5.32 Å². The molecular weight excluding hydrogens is 102 g/mol. The molecule has 2 N–H and O–H groups in total. The molecule has 8 heavy (non-hydrogen) atoms. The molecule has 0 aliphatic rings. The largest absolute Gasteiger partial charge is 0.512 e. The molecule has 2 nitrogen and oxygen atoms in total. The van der Waals surface area contributed by atoms with Crippen LogP contribution in [-0.4, -0.2) is 18.2 Å². The van der Waals surface area contributed by atoms with Crippen LogP contribution < -0.4 is 5.32 Å². The summed E-state index contributed by atoms with van der Waals surface area (Å²) in [5.41, 5.74) is 0. The standard InChI is InChI=1S/C6H11NO/c1-3-4-7-5-6(2)8/h3,7-8H,1-2,4-5H2. The smallest absolute Gasteiger partial charge is 0.0989 e. The molecule has 0 unspecified atom stereocenters. The van der Waals surface area contributed by atoms with Crippen molar-refractivity contribution in [2.45, 2.75) is 0 Å². The highest BCUT2D eigenvalue weighted by atomic mass is 16.3. The van der Waals surface area contributed by atoms with Crippen molar-refractivity contribution in [3.8, 4) is 0 Å². The zero-order chi connectivity index (χ0) is 6.41. The number of aliphatic hydroxyl groups excluding tert-OH is 1. The first-order valence-corrected chi connectivity index (χ1v) is 2.45. The van der Waals surface area contributed by atoms with Crippen molar-refractivity contribution in [2.24, 2.45) is 0 Å². The first-order valence-electron chi connectivity index (χ1n) is 2.45. The first-order chi connectivity index (χ1) is 3.77. The van der Waals surface area contributed by atoms with E-state index in [9.17, 15) is 0 Å². The third-order valence-corrected chi connectivity index (χ3v) is 0.618. The van der Waals surface area contributed by atoms with Gasteiger partial charge in [-0.2, -0.15) is 0 Å². The van der Waals surface area contributed by atoms with Crippen LogP contribution in [0.25, 0.3) is 0 Å². The van der Waals surface area contributed by atoms with Crippen molar-refractivity contribution in [3.63, 3.8) is 0 Å². The van der Waals surface area contributed by atoms with Crippen LogP contribution in [0.15, 0.2) is 25.0 Å². The lowest BCUT2D eigenvalue weighted by Gasteiger charge is -1.96. The molecule has 0 rings (SSSR count). The Morgan fingerprint density at radius 3 is 2.75 bits per heavy atom. The zero-order valence-corrected chi connectivity index (χ0v) is 4.85. The van der Waals surface area contributed by atoms with Gasteiger partial charge in [0.15, 0.2) is 0 Å². The van der Waals surface area contributed by atoms with Gasteiger partial charge in [0.25, 0.3) is 0 Å². The zero-order valence-electron chi connectivity index (χ0n) is 4.85. The molecule has 0 aromatic heterocycles. The molecule has 0 aromatic carbocycles. The average molecular weight is 113 g/mol. The Hall–Kier alpha value is -0.760. The predicted octanol–water partition coefficient (Wildman–Crippen LogP) is 0.834. The topological polar surface area (TPSA) is 32.3 Å². The van der Waals surface area contributed by atoms with E-state index in [1.807, 2.05) is 0 Å². The van der Waals surface area contributed by atoms with Gasteiger partial charge in [0, 0.05) is 6.54 Å². The minimum absolute atomic E-state index is 0.159. The van der Waals surface area contributed by atoms with Crippen LogP contribution in [0.1, 0.15) is 0 Å². The van der Waals surface area contributed by atoms with E-state index in [-0.39, 0.29) is 5.76 Å². The molecule has 0 radical (unpaired) electrons. The molecule has 0 aromatic rings. The summed E-state index contributed by atoms with van der Waals surface area (Å²) >= 11 is 0. The van der Waals surface area contributed by atoms with Crippen molar-refractivity contribution in [1.29, 1.82) is 0 Å². The van der Waals surface area contributed by atoms with Gasteiger partial charge in [-0.05, 0) is 0 Å². The van der Waals surface area contributed by atoms with Crippen LogP contribution in [-0.2, 0) is 0 Å². The number of rotatable bonds is 4. The van der Waals surface area contributed by atoms with E-state index in [0.717, 1.165) is 0 Å². The Labute approximate surface area is 49.5 Å². The molecule has 0 saturated carbocycles. The minimum atomic E-state index is 0.159. The Kier molecular flexibility index (Phi) is 3.98. The summed E-state index contributed by atoms with van der Waals surface area (Å²) in [7, 11) is 0. The van der Waals surface area contributed by atoms with Crippen molar-refractivity contribution < 1.29 is 5.11 Å². The molecule has 46 valence electrons. The maximum absolute atomic E-state index is 8.49. The van der Waals surface area contributed by atoms with Gasteiger partial charge in [-0.1, -0.05) is 12.7 Å². The monoisotopic (exact) mass is 113 g/mol. The second kappa shape index (κ2) is 4.40. The van der Waals surface area contributed by atoms with E-state index in [2.05, 4.69) is 18.5 Å². The van der Waals surface area contributed by atoms with Crippen molar-refractivity contribution in [2.75, 3.05) is 13.1 Å². The lowest BCUT2D eigenvalue weighted by molar-refractivity contribution is 0.394. The highest BCUT2D eigenvalue weighted by Gasteiger charge is 1.82. The fourth-order valence-electron chi connectivity index (χ4n) is 0.319. The summed E-state index contributed by atoms with van der Waals surface area (Å²) in [6.07, 6.45) is 1.73. The highest BCUT2D eigenvalue weighted by Crippen LogP contribution is 1.74. The van der Waals surface area contributed by atoms with Gasteiger partial charge in [-0.25, -0.2) is 0 Å². The van der Waals surface area contributed by atoms with Crippen LogP contribution in [0, 0.1) is 0 Å². The third-order valence-electron chi connectivity index (χ3n) is 0.618. The predicted molar refractivity (Wildman–Crippen MR) is 34.8 cm³/mol. The van der Waals surface area contributed by atoms with Crippen molar-refractivity contribution in [3.05, 3.63) is 25.0 Å². The molecule has 2 heteroatoms. The lowest BCUT2D eigenvalue weighted by atomic mass is 10.5. The molecule has 0 saturated heterocycles. The molecular formula is C6H11NO. The first kappa shape index (κ1) is 7.24. The highest BCUT2D eigenvalue weighted by molar-refractivity contribution is 4.83. The summed E-state index contributed by atoms with van der Waals surface area (Å²) in [4.78, 5) is 0. The van der Waals surface area contributed by atoms with Crippen LogP contribution in [0.3, 0.4) is 0 Å². The number of aliphatic hydroxyl groups is 1. The van der Waals surface area contributed by atoms with E-state index in [1.165, 1.54) is 0 Å². The van der Waals surface area contributed by atoms with Crippen LogP contribution in [0.4, 0.5) is 0 Å². The van der Waals surface area contributed by atoms with Crippen molar-refractivity contribution >= 4 is 0 Å². The SMILES string of the molecule is C=CCNCC(=C)O. The average Bonchev–Trinajstić information content (AvgIpc) is 1.66. The maximum Gasteiger partial charge on any atom is 0.0989 e. The van der Waals surface area contributed by atoms with Gasteiger partial charge in [0.1, 0.15) is 0 Å². The fourth-order valence-corrected chi connectivity index (χ4v) is 0.319. The Bertz CT molecular complexity index is 88.5. The van der Waals surface area contributed by atoms with E-state index in [0.29, 0.717) is 13.1 Å². The lowest BCUT2D eigenvalue weighted by Crippen LogP contribution is -2.15. The van der Waals surface area contributed by atoms with E-state index < -0.39 is 0 Å². The molecule has 0 amide bonds. The van der Waals surface area contributed by atoms with Gasteiger partial charge >= 0.3 is 0 Å². The van der Waals surface area contributed by atoms with E-state index >= 15 is 0 Å².